The van der Waals surface area contributed by atoms with E-state index < -0.39 is 0 Å². The van der Waals surface area contributed by atoms with Crippen molar-refractivity contribution < 1.29 is 21.5 Å². The molecule has 0 spiro atoms. The van der Waals surface area contributed by atoms with Crippen LogP contribution in [0, 0.1) is 6.92 Å². The molecule has 0 aromatic carbocycles. The van der Waals surface area contributed by atoms with Gasteiger partial charge in [-0.05, 0) is 11.4 Å². The Hall–Kier alpha value is -1.05. The molecule has 23 heavy (non-hydrogen) atoms. The lowest BCUT2D eigenvalue weighted by Gasteiger charge is -2.07. The summed E-state index contributed by atoms with van der Waals surface area (Å²) in [6.45, 7) is 6.94. The zero-order valence-corrected chi connectivity index (χ0v) is 17.4. The normalized spacial score (nSPS) is 10.4. The van der Waals surface area contributed by atoms with Gasteiger partial charge in [0.25, 0.3) is 0 Å². The number of halogens is 2. The Labute approximate surface area is 161 Å². The number of pyridine rings is 1. The van der Waals surface area contributed by atoms with Crippen LogP contribution in [0.3, 0.4) is 0 Å². The van der Waals surface area contributed by atoms with Crippen molar-refractivity contribution in [1.29, 1.82) is 0 Å². The van der Waals surface area contributed by atoms with Crippen LogP contribution in [-0.4, -0.2) is 9.97 Å². The van der Waals surface area contributed by atoms with Gasteiger partial charge in [-0.1, -0.05) is 13.8 Å². The summed E-state index contributed by atoms with van der Waals surface area (Å²) < 4.78 is 3.50. The van der Waals surface area contributed by atoms with E-state index in [4.69, 9.17) is 5.73 Å². The molecule has 0 aliphatic heterocycles. The maximum Gasteiger partial charge on any atom is 0.179 e. The standard InChI is InChI=1S/C16H19N4S.2BrH/c1-10(2)16-18-7-13(15(17)19-16)9-20-8-12-4-5-21-14(12)6-11(20)3;;/h4-8,10H,9H2,1-3H3,(H2,17,18,19);2*1H/q+1;;/p-1. The molecule has 2 N–H and O–H groups in total. The molecule has 0 amide bonds. The molecule has 3 aromatic rings. The second-order valence-electron chi connectivity index (χ2n) is 5.58. The number of hydrogen-bond donors (Lipinski definition) is 1. The van der Waals surface area contributed by atoms with E-state index in [-0.39, 0.29) is 39.9 Å². The molecule has 7 heteroatoms. The summed E-state index contributed by atoms with van der Waals surface area (Å²) in [7, 11) is 0. The number of aromatic nitrogens is 3. The zero-order chi connectivity index (χ0) is 15.0. The van der Waals surface area contributed by atoms with Crippen molar-refractivity contribution in [2.45, 2.75) is 33.2 Å². The third kappa shape index (κ3) is 4.28. The van der Waals surface area contributed by atoms with E-state index in [1.54, 1.807) is 11.3 Å². The Kier molecular flexibility index (Phi) is 7.10. The van der Waals surface area contributed by atoms with Crippen molar-refractivity contribution in [1.82, 2.24) is 9.97 Å². The van der Waals surface area contributed by atoms with Crippen molar-refractivity contribution in [3.05, 3.63) is 47.0 Å². The minimum Gasteiger partial charge on any atom is -1.00 e. The predicted octanol–water partition coefficient (Wildman–Crippen LogP) is 0.623. The van der Waals surface area contributed by atoms with Gasteiger partial charge in [0, 0.05) is 29.8 Å². The molecule has 0 saturated carbocycles. The van der Waals surface area contributed by atoms with Crippen molar-refractivity contribution >= 4 is 44.2 Å². The molecule has 0 fully saturated rings. The first-order valence-electron chi connectivity index (χ1n) is 7.03. The third-order valence-corrected chi connectivity index (χ3v) is 4.47. The summed E-state index contributed by atoms with van der Waals surface area (Å²) in [4.78, 5) is 8.82. The molecule has 0 saturated heterocycles. The summed E-state index contributed by atoms with van der Waals surface area (Å²) >= 11 is 1.76. The fourth-order valence-corrected chi connectivity index (χ4v) is 3.14. The molecule has 0 atom stereocenters. The molecule has 0 aliphatic carbocycles. The number of anilines is 1. The van der Waals surface area contributed by atoms with E-state index in [2.05, 4.69) is 59.0 Å². The number of aryl methyl sites for hydroxylation is 1. The van der Waals surface area contributed by atoms with E-state index in [0.717, 1.165) is 11.4 Å². The molecular formula is C16H20Br2N4S. The number of nitrogen functional groups attached to an aromatic ring is 1. The van der Waals surface area contributed by atoms with Gasteiger partial charge in [-0.15, -0.1) is 28.3 Å². The maximum atomic E-state index is 6.09. The number of nitrogens with two attached hydrogens (primary N) is 1. The van der Waals surface area contributed by atoms with Gasteiger partial charge in [0.1, 0.15) is 11.6 Å². The second-order valence-corrected chi connectivity index (χ2v) is 6.52. The van der Waals surface area contributed by atoms with Gasteiger partial charge in [-0.2, -0.15) is 4.57 Å². The Morgan fingerprint density at radius 1 is 1.35 bits per heavy atom. The van der Waals surface area contributed by atoms with E-state index in [1.807, 2.05) is 6.20 Å². The zero-order valence-electron chi connectivity index (χ0n) is 13.3. The number of nitrogens with zero attached hydrogens (tertiary/aromatic N) is 3. The Morgan fingerprint density at radius 2 is 2.09 bits per heavy atom. The van der Waals surface area contributed by atoms with Gasteiger partial charge < -0.3 is 22.7 Å². The van der Waals surface area contributed by atoms with E-state index in [0.29, 0.717) is 12.4 Å². The first-order valence-corrected chi connectivity index (χ1v) is 7.91. The topological polar surface area (TPSA) is 55.7 Å². The quantitative estimate of drug-likeness (QED) is 0.584. The van der Waals surface area contributed by atoms with Crippen LogP contribution in [0.15, 0.2) is 29.9 Å². The Bertz CT molecular complexity index is 802. The van der Waals surface area contributed by atoms with Gasteiger partial charge in [0.05, 0.1) is 10.9 Å². The summed E-state index contributed by atoms with van der Waals surface area (Å²) in [6.07, 6.45) is 4.01. The maximum absolute atomic E-state index is 6.09. The van der Waals surface area contributed by atoms with Crippen molar-refractivity contribution in [2.24, 2.45) is 0 Å². The van der Waals surface area contributed by atoms with Gasteiger partial charge in [-0.25, -0.2) is 9.97 Å². The molecule has 3 rings (SSSR count). The average Bonchev–Trinajstić information content (AvgIpc) is 2.88. The number of thiophene rings is 1. The van der Waals surface area contributed by atoms with Crippen molar-refractivity contribution in [3.8, 4) is 0 Å². The fraction of sp³-hybridized carbons (Fsp3) is 0.312. The van der Waals surface area contributed by atoms with Crippen LogP contribution in [0.1, 0.15) is 36.8 Å². The first-order chi connectivity index (χ1) is 10.0. The third-order valence-electron chi connectivity index (χ3n) is 3.59. The smallest absolute Gasteiger partial charge is 0.179 e. The summed E-state index contributed by atoms with van der Waals surface area (Å²) in [5, 5.41) is 3.37. The molecule has 0 aliphatic rings. The Morgan fingerprint density at radius 3 is 2.74 bits per heavy atom. The van der Waals surface area contributed by atoms with Crippen LogP contribution >= 0.6 is 28.3 Å². The van der Waals surface area contributed by atoms with Gasteiger partial charge in [-0.3, -0.25) is 0 Å². The lowest BCUT2D eigenvalue weighted by Crippen LogP contribution is -3.00. The van der Waals surface area contributed by atoms with Crippen LogP contribution < -0.4 is 27.3 Å². The van der Waals surface area contributed by atoms with Crippen LogP contribution in [0.2, 0.25) is 0 Å². The molecule has 0 radical (unpaired) electrons. The summed E-state index contributed by atoms with van der Waals surface area (Å²) in [6, 6.07) is 4.34. The van der Waals surface area contributed by atoms with Gasteiger partial charge in [0.2, 0.25) is 0 Å². The van der Waals surface area contributed by atoms with Gasteiger partial charge >= 0.3 is 0 Å². The number of hydrogen-bond acceptors (Lipinski definition) is 4. The minimum absolute atomic E-state index is 0. The highest BCUT2D eigenvalue weighted by molar-refractivity contribution is 8.93. The molecule has 3 heterocycles. The lowest BCUT2D eigenvalue weighted by molar-refractivity contribution is -0.692. The van der Waals surface area contributed by atoms with E-state index in [1.165, 1.54) is 15.8 Å². The molecule has 0 unspecified atom stereocenters. The number of rotatable bonds is 3. The van der Waals surface area contributed by atoms with Crippen molar-refractivity contribution in [3.63, 3.8) is 0 Å². The highest BCUT2D eigenvalue weighted by atomic mass is 79.9. The predicted molar refractivity (Wildman–Crippen MR) is 96.7 cm³/mol. The molecule has 4 nitrogen and oxygen atoms in total. The first kappa shape index (κ1) is 20.0. The molecule has 124 valence electrons. The van der Waals surface area contributed by atoms with Crippen molar-refractivity contribution in [2.75, 3.05) is 5.73 Å². The van der Waals surface area contributed by atoms with Crippen LogP contribution in [0.4, 0.5) is 5.82 Å². The summed E-state index contributed by atoms with van der Waals surface area (Å²) in [5.41, 5.74) is 8.25. The number of fused-ring (bicyclic) bond motifs is 1. The fourth-order valence-electron chi connectivity index (χ4n) is 2.29. The monoisotopic (exact) mass is 458 g/mol. The minimum atomic E-state index is 0. The van der Waals surface area contributed by atoms with Crippen LogP contribution in [0.25, 0.3) is 10.1 Å². The van der Waals surface area contributed by atoms with Crippen LogP contribution in [0.5, 0.6) is 0 Å². The Balaban J connectivity index is 0.00000132. The average molecular weight is 460 g/mol. The molecule has 3 aromatic heterocycles. The van der Waals surface area contributed by atoms with E-state index >= 15 is 0 Å². The largest absolute Gasteiger partial charge is 1.00 e. The molecule has 0 bridgehead atoms. The second kappa shape index (κ2) is 8.17. The van der Waals surface area contributed by atoms with E-state index in [9.17, 15) is 0 Å². The lowest BCUT2D eigenvalue weighted by atomic mass is 10.2. The highest BCUT2D eigenvalue weighted by Crippen LogP contribution is 2.20. The van der Waals surface area contributed by atoms with Crippen LogP contribution in [-0.2, 0) is 6.54 Å². The molecular weight excluding hydrogens is 440 g/mol. The van der Waals surface area contributed by atoms with Gasteiger partial charge in [0.15, 0.2) is 18.4 Å². The summed E-state index contributed by atoms with van der Waals surface area (Å²) in [5.74, 6) is 1.66. The SMILES string of the molecule is Br.Cc1cc2sccc2c[n+]1Cc1cnc(C(C)C)nc1N.[Br-]. The highest BCUT2D eigenvalue weighted by Gasteiger charge is 2.14.